The average molecular weight is 427 g/mol. The second-order valence-corrected chi connectivity index (χ2v) is 11.1. The van der Waals surface area contributed by atoms with Gasteiger partial charge in [0.25, 0.3) is 10.0 Å². The molecule has 1 fully saturated rings. The minimum Gasteiger partial charge on any atom is -0.227 e. The summed E-state index contributed by atoms with van der Waals surface area (Å²) in [5.74, 6) is 0. The van der Waals surface area contributed by atoms with Gasteiger partial charge in [0.15, 0.2) is 9.92 Å². The molecule has 0 radical (unpaired) electrons. The summed E-state index contributed by atoms with van der Waals surface area (Å²) in [7, 11) is -7.43. The SMILES string of the molecule is Cc1ccc(S(=O)(=O)N=S(=O)(c2ccc(C)cc2)N2C[C@@H]2c2ccccc2)cc1. The summed E-state index contributed by atoms with van der Waals surface area (Å²) < 4.78 is 45.8. The van der Waals surface area contributed by atoms with Gasteiger partial charge in [-0.15, -0.1) is 0 Å². The summed E-state index contributed by atoms with van der Waals surface area (Å²) in [5.41, 5.74) is 2.94. The van der Waals surface area contributed by atoms with E-state index in [0.29, 0.717) is 11.4 Å². The van der Waals surface area contributed by atoms with Crippen molar-refractivity contribution in [2.45, 2.75) is 29.7 Å². The lowest BCUT2D eigenvalue weighted by Gasteiger charge is -2.13. The first-order valence-corrected chi connectivity index (χ1v) is 12.2. The van der Waals surface area contributed by atoms with Crippen LogP contribution in [0.25, 0.3) is 0 Å². The lowest BCUT2D eigenvalue weighted by molar-refractivity contribution is 0.596. The molecule has 4 rings (SSSR count). The zero-order valence-electron chi connectivity index (χ0n) is 16.2. The van der Waals surface area contributed by atoms with Crippen LogP contribution in [-0.4, -0.2) is 23.5 Å². The van der Waals surface area contributed by atoms with Crippen LogP contribution in [0.2, 0.25) is 0 Å². The Hall–Kier alpha value is -2.48. The van der Waals surface area contributed by atoms with E-state index in [1.807, 2.05) is 56.3 Å². The molecule has 3 aromatic carbocycles. The summed E-state index contributed by atoms with van der Waals surface area (Å²) in [6.07, 6.45) is 0. The summed E-state index contributed by atoms with van der Waals surface area (Å²) in [6, 6.07) is 23.0. The van der Waals surface area contributed by atoms with Crippen molar-refractivity contribution in [3.63, 3.8) is 0 Å². The smallest absolute Gasteiger partial charge is 0.227 e. The first kappa shape index (κ1) is 19.8. The number of sulfonamides is 1. The molecule has 150 valence electrons. The van der Waals surface area contributed by atoms with Crippen molar-refractivity contribution < 1.29 is 12.6 Å². The molecule has 3 aromatic rings. The van der Waals surface area contributed by atoms with Crippen molar-refractivity contribution in [1.82, 2.24) is 4.31 Å². The molecule has 0 aliphatic carbocycles. The molecule has 0 amide bonds. The van der Waals surface area contributed by atoms with E-state index >= 15 is 0 Å². The van der Waals surface area contributed by atoms with Crippen LogP contribution >= 0.6 is 0 Å². The summed E-state index contributed by atoms with van der Waals surface area (Å²) in [5, 5.41) is 0. The Kier molecular flexibility index (Phi) is 5.06. The van der Waals surface area contributed by atoms with E-state index in [1.54, 1.807) is 28.6 Å². The molecule has 1 saturated heterocycles. The molecule has 29 heavy (non-hydrogen) atoms. The van der Waals surface area contributed by atoms with Crippen LogP contribution in [-0.2, 0) is 19.9 Å². The maximum absolute atomic E-state index is 14.1. The third-order valence-corrected chi connectivity index (χ3v) is 9.30. The highest BCUT2D eigenvalue weighted by molar-refractivity contribution is 8.02. The van der Waals surface area contributed by atoms with Crippen LogP contribution < -0.4 is 0 Å². The fraction of sp³-hybridized carbons (Fsp3) is 0.182. The van der Waals surface area contributed by atoms with Crippen LogP contribution in [0.1, 0.15) is 22.7 Å². The molecule has 2 unspecified atom stereocenters. The van der Waals surface area contributed by atoms with Crippen molar-refractivity contribution in [3.05, 3.63) is 95.6 Å². The van der Waals surface area contributed by atoms with Gasteiger partial charge in [0.1, 0.15) is 0 Å². The van der Waals surface area contributed by atoms with Gasteiger partial charge in [-0.05, 0) is 43.7 Å². The lowest BCUT2D eigenvalue weighted by atomic mass is 10.2. The first-order valence-electron chi connectivity index (χ1n) is 9.28. The Morgan fingerprint density at radius 2 is 1.28 bits per heavy atom. The Morgan fingerprint density at radius 3 is 1.83 bits per heavy atom. The highest BCUT2D eigenvalue weighted by Gasteiger charge is 2.45. The Morgan fingerprint density at radius 1 is 0.759 bits per heavy atom. The monoisotopic (exact) mass is 426 g/mol. The standard InChI is InChI=1S/C22H22N2O3S2/c1-17-8-12-20(13-9-17)28(25,24-16-22(24)19-6-4-3-5-7-19)23-29(26,27)21-14-10-18(2)11-15-21/h3-15,22H,16H2,1-2H3/t22-,24?,28?/m1/s1. The predicted octanol–water partition coefficient (Wildman–Crippen LogP) is 4.49. The summed E-state index contributed by atoms with van der Waals surface area (Å²) in [6.45, 7) is 4.29. The van der Waals surface area contributed by atoms with E-state index in [-0.39, 0.29) is 10.9 Å². The van der Waals surface area contributed by atoms with Crippen molar-refractivity contribution in [1.29, 1.82) is 0 Å². The van der Waals surface area contributed by atoms with E-state index in [4.69, 9.17) is 0 Å². The average Bonchev–Trinajstić information content (AvgIpc) is 3.51. The number of rotatable bonds is 5. The van der Waals surface area contributed by atoms with Crippen LogP contribution in [0.5, 0.6) is 0 Å². The molecule has 0 N–H and O–H groups in total. The van der Waals surface area contributed by atoms with Gasteiger partial charge in [-0.2, -0.15) is 8.42 Å². The fourth-order valence-corrected chi connectivity index (χ4v) is 7.31. The molecular formula is C22H22N2O3S2. The summed E-state index contributed by atoms with van der Waals surface area (Å²) >= 11 is 0. The van der Waals surface area contributed by atoms with Gasteiger partial charge in [-0.3, -0.25) is 0 Å². The largest absolute Gasteiger partial charge is 0.291 e. The van der Waals surface area contributed by atoms with Gasteiger partial charge < -0.3 is 0 Å². The Bertz CT molecular complexity index is 1240. The minimum atomic E-state index is -4.10. The fourth-order valence-electron chi connectivity index (χ4n) is 3.17. The van der Waals surface area contributed by atoms with Crippen LogP contribution in [0, 0.1) is 13.8 Å². The molecule has 1 aliphatic rings. The number of nitrogens with zero attached hydrogens (tertiary/aromatic N) is 2. The van der Waals surface area contributed by atoms with Gasteiger partial charge in [0.2, 0.25) is 0 Å². The van der Waals surface area contributed by atoms with Gasteiger partial charge >= 0.3 is 0 Å². The summed E-state index contributed by atoms with van der Waals surface area (Å²) in [4.78, 5) is 0.443. The van der Waals surface area contributed by atoms with Crippen molar-refractivity contribution in [2.24, 2.45) is 3.77 Å². The van der Waals surface area contributed by atoms with Crippen LogP contribution in [0.4, 0.5) is 0 Å². The molecule has 1 heterocycles. The molecule has 5 nitrogen and oxygen atoms in total. The molecule has 7 heteroatoms. The maximum atomic E-state index is 14.1. The number of hydrogen-bond donors (Lipinski definition) is 0. The zero-order valence-corrected chi connectivity index (χ0v) is 17.9. The Labute approximate surface area is 172 Å². The van der Waals surface area contributed by atoms with Crippen molar-refractivity contribution in [3.8, 4) is 0 Å². The molecule has 0 bridgehead atoms. The van der Waals surface area contributed by atoms with E-state index in [1.165, 1.54) is 12.1 Å². The number of benzene rings is 3. The molecular weight excluding hydrogens is 404 g/mol. The van der Waals surface area contributed by atoms with E-state index in [2.05, 4.69) is 3.77 Å². The third kappa shape index (κ3) is 3.99. The highest BCUT2D eigenvalue weighted by Crippen LogP contribution is 2.42. The second kappa shape index (κ2) is 7.40. The van der Waals surface area contributed by atoms with E-state index in [9.17, 15) is 12.6 Å². The van der Waals surface area contributed by atoms with Gasteiger partial charge in [-0.1, -0.05) is 69.5 Å². The van der Waals surface area contributed by atoms with E-state index in [0.717, 1.165) is 16.7 Å². The third-order valence-electron chi connectivity index (χ3n) is 4.92. The van der Waals surface area contributed by atoms with E-state index < -0.39 is 19.9 Å². The van der Waals surface area contributed by atoms with Gasteiger partial charge in [-0.25, -0.2) is 8.51 Å². The van der Waals surface area contributed by atoms with Gasteiger partial charge in [0, 0.05) is 6.54 Å². The Balaban J connectivity index is 1.83. The highest BCUT2D eigenvalue weighted by atomic mass is 32.3. The van der Waals surface area contributed by atoms with Crippen molar-refractivity contribution >= 4 is 19.9 Å². The lowest BCUT2D eigenvalue weighted by Crippen LogP contribution is -2.15. The molecule has 0 saturated carbocycles. The topological polar surface area (TPSA) is 66.6 Å². The maximum Gasteiger partial charge on any atom is 0.291 e. The quantitative estimate of drug-likeness (QED) is 0.565. The van der Waals surface area contributed by atoms with Crippen LogP contribution in [0.3, 0.4) is 0 Å². The predicted molar refractivity (Wildman–Crippen MR) is 114 cm³/mol. The van der Waals surface area contributed by atoms with Crippen LogP contribution in [0.15, 0.2) is 92.4 Å². The van der Waals surface area contributed by atoms with Crippen molar-refractivity contribution in [2.75, 3.05) is 6.54 Å². The second-order valence-electron chi connectivity index (χ2n) is 7.20. The first-order chi connectivity index (χ1) is 13.8. The minimum absolute atomic E-state index is 0.0426. The zero-order chi connectivity index (χ0) is 20.6. The van der Waals surface area contributed by atoms with Gasteiger partial charge in [0.05, 0.1) is 15.8 Å². The number of hydrogen-bond acceptors (Lipinski definition) is 3. The molecule has 1 aliphatic heterocycles. The normalized spacial score (nSPS) is 20.6. The molecule has 3 atom stereocenters. The number of aryl methyl sites for hydroxylation is 2. The molecule has 0 aromatic heterocycles. The molecule has 0 spiro atoms.